The quantitative estimate of drug-likeness (QED) is 0.500. The third kappa shape index (κ3) is 4.59. The van der Waals surface area contributed by atoms with Crippen molar-refractivity contribution in [3.05, 3.63) is 60.9 Å². The molecular weight excluding hydrogens is 470 g/mol. The van der Waals surface area contributed by atoms with Gasteiger partial charge in [0.25, 0.3) is 5.56 Å². The number of carbonyl (C=O) groups is 1. The molecule has 1 aromatic carbocycles. The summed E-state index contributed by atoms with van der Waals surface area (Å²) in [4.78, 5) is 34.6. The average Bonchev–Trinajstić information content (AvgIpc) is 3.27. The van der Waals surface area contributed by atoms with E-state index in [1.807, 2.05) is 24.3 Å². The lowest BCUT2D eigenvalue weighted by molar-refractivity contribution is -0.119. The maximum absolute atomic E-state index is 12.5. The molecular formula is C21H22BrN3O2S2. The number of nitrogens with one attached hydrogen (secondary N) is 2. The number of carbonyl (C=O) groups excluding carboxylic acids is 1. The van der Waals surface area contributed by atoms with Crippen molar-refractivity contribution in [3.63, 3.8) is 0 Å². The van der Waals surface area contributed by atoms with Gasteiger partial charge < -0.3 is 10.3 Å². The van der Waals surface area contributed by atoms with Gasteiger partial charge in [0.05, 0.1) is 22.9 Å². The Labute approximate surface area is 185 Å². The van der Waals surface area contributed by atoms with Gasteiger partial charge >= 0.3 is 0 Å². The lowest BCUT2D eigenvalue weighted by Crippen LogP contribution is -2.29. The number of H-pyrrole nitrogens is 1. The highest BCUT2D eigenvalue weighted by Gasteiger charge is 2.21. The summed E-state index contributed by atoms with van der Waals surface area (Å²) in [5.74, 6) is 1.47. The number of aromatic nitrogens is 2. The molecule has 5 nitrogen and oxygen atoms in total. The van der Waals surface area contributed by atoms with Crippen LogP contribution in [-0.2, 0) is 23.4 Å². The SMILES string of the molecule is CCC(NC(=O)CSCc1nc2sc3c(c2c(=O)[nH]1)CCC3)c1ccc(Br)cc1. The number of rotatable bonds is 7. The zero-order valence-electron chi connectivity index (χ0n) is 16.1. The van der Waals surface area contributed by atoms with Crippen LogP contribution < -0.4 is 10.9 Å². The number of benzene rings is 1. The highest BCUT2D eigenvalue weighted by atomic mass is 79.9. The van der Waals surface area contributed by atoms with E-state index in [2.05, 4.69) is 38.1 Å². The van der Waals surface area contributed by atoms with Crippen molar-refractivity contribution in [3.8, 4) is 0 Å². The number of aromatic amines is 1. The summed E-state index contributed by atoms with van der Waals surface area (Å²) in [7, 11) is 0. The van der Waals surface area contributed by atoms with Gasteiger partial charge in [0.1, 0.15) is 10.7 Å². The average molecular weight is 492 g/mol. The Morgan fingerprint density at radius 3 is 2.90 bits per heavy atom. The molecule has 3 aromatic rings. The van der Waals surface area contributed by atoms with Gasteiger partial charge in [0.2, 0.25) is 5.91 Å². The second-order valence-corrected chi connectivity index (χ2v) is 10.1. The summed E-state index contributed by atoms with van der Waals surface area (Å²) in [5.41, 5.74) is 2.24. The minimum Gasteiger partial charge on any atom is -0.349 e. The lowest BCUT2D eigenvalue weighted by Gasteiger charge is -2.17. The van der Waals surface area contributed by atoms with Gasteiger partial charge in [0, 0.05) is 9.35 Å². The number of hydrogen-bond donors (Lipinski definition) is 2. The Bertz CT molecular complexity index is 1090. The normalized spacial score (nSPS) is 14.1. The molecule has 0 saturated heterocycles. The van der Waals surface area contributed by atoms with Crippen LogP contribution in [0.2, 0.25) is 0 Å². The molecule has 0 bridgehead atoms. The van der Waals surface area contributed by atoms with Gasteiger partial charge in [0.15, 0.2) is 0 Å². The molecule has 0 saturated carbocycles. The first-order valence-electron chi connectivity index (χ1n) is 9.71. The Kier molecular flexibility index (Phi) is 6.41. The number of thiophene rings is 1. The summed E-state index contributed by atoms with van der Waals surface area (Å²) in [5, 5.41) is 3.86. The van der Waals surface area contributed by atoms with Crippen molar-refractivity contribution in [2.75, 3.05) is 5.75 Å². The number of fused-ring (bicyclic) bond motifs is 3. The fourth-order valence-electron chi connectivity index (χ4n) is 3.71. The molecule has 1 aliphatic carbocycles. The van der Waals surface area contributed by atoms with E-state index in [1.54, 1.807) is 11.3 Å². The summed E-state index contributed by atoms with van der Waals surface area (Å²) < 4.78 is 1.02. The topological polar surface area (TPSA) is 74.8 Å². The molecule has 0 aliphatic heterocycles. The first kappa shape index (κ1) is 20.6. The van der Waals surface area contributed by atoms with Crippen LogP contribution in [0.25, 0.3) is 10.2 Å². The molecule has 8 heteroatoms. The zero-order valence-corrected chi connectivity index (χ0v) is 19.3. The summed E-state index contributed by atoms with van der Waals surface area (Å²) >= 11 is 6.54. The number of hydrogen-bond acceptors (Lipinski definition) is 5. The van der Waals surface area contributed by atoms with Crippen molar-refractivity contribution in [1.29, 1.82) is 0 Å². The first-order chi connectivity index (χ1) is 14.0. The molecule has 29 heavy (non-hydrogen) atoms. The van der Waals surface area contributed by atoms with Crippen LogP contribution in [0.3, 0.4) is 0 Å². The van der Waals surface area contributed by atoms with Gasteiger partial charge in [-0.3, -0.25) is 9.59 Å². The van der Waals surface area contributed by atoms with Crippen molar-refractivity contribution in [1.82, 2.24) is 15.3 Å². The highest BCUT2D eigenvalue weighted by molar-refractivity contribution is 9.10. The van der Waals surface area contributed by atoms with Crippen LogP contribution in [0.1, 0.15) is 47.6 Å². The second kappa shape index (κ2) is 9.02. The Balaban J connectivity index is 1.35. The Morgan fingerprint density at radius 1 is 1.34 bits per heavy atom. The maximum atomic E-state index is 12.5. The largest absolute Gasteiger partial charge is 0.349 e. The van der Waals surface area contributed by atoms with Crippen LogP contribution in [0.4, 0.5) is 0 Å². The smallest absolute Gasteiger partial charge is 0.259 e. The molecule has 1 aliphatic rings. The predicted octanol–water partition coefficient (Wildman–Crippen LogP) is 4.74. The number of nitrogens with zero attached hydrogens (tertiary/aromatic N) is 1. The molecule has 152 valence electrons. The molecule has 1 unspecified atom stereocenters. The van der Waals surface area contributed by atoms with Gasteiger partial charge in [-0.05, 0) is 48.9 Å². The maximum Gasteiger partial charge on any atom is 0.259 e. The zero-order chi connectivity index (χ0) is 20.4. The van der Waals surface area contributed by atoms with E-state index in [1.165, 1.54) is 22.2 Å². The minimum atomic E-state index is -0.0456. The van der Waals surface area contributed by atoms with Crippen LogP contribution in [-0.4, -0.2) is 21.6 Å². The van der Waals surface area contributed by atoms with E-state index < -0.39 is 0 Å². The van der Waals surface area contributed by atoms with Crippen LogP contribution in [0, 0.1) is 0 Å². The number of halogens is 1. The first-order valence-corrected chi connectivity index (χ1v) is 12.5. The monoisotopic (exact) mass is 491 g/mol. The molecule has 1 atom stereocenters. The van der Waals surface area contributed by atoms with Crippen LogP contribution in [0.15, 0.2) is 33.5 Å². The van der Waals surface area contributed by atoms with E-state index in [-0.39, 0.29) is 17.5 Å². The molecule has 0 radical (unpaired) electrons. The second-order valence-electron chi connectivity index (χ2n) is 7.12. The molecule has 2 heterocycles. The number of amides is 1. The van der Waals surface area contributed by atoms with E-state index in [4.69, 9.17) is 0 Å². The van der Waals surface area contributed by atoms with Crippen LogP contribution >= 0.6 is 39.0 Å². The lowest BCUT2D eigenvalue weighted by atomic mass is 10.0. The predicted molar refractivity (Wildman–Crippen MR) is 124 cm³/mol. The molecule has 4 rings (SSSR count). The summed E-state index contributed by atoms with van der Waals surface area (Å²) in [6.07, 6.45) is 3.98. The van der Waals surface area contributed by atoms with E-state index in [9.17, 15) is 9.59 Å². The van der Waals surface area contributed by atoms with Gasteiger partial charge in [-0.1, -0.05) is 35.0 Å². The summed E-state index contributed by atoms with van der Waals surface area (Å²) in [6, 6.07) is 8.01. The van der Waals surface area contributed by atoms with Crippen molar-refractivity contribution >= 4 is 55.2 Å². The standard InChI is InChI=1S/C21H22BrN3O2S2/c1-2-15(12-6-8-13(22)9-7-12)23-18(26)11-28-10-17-24-20(27)19-14-4-3-5-16(14)29-21(19)25-17/h6-9,15H,2-5,10-11H2,1H3,(H,23,26)(H,24,25,27). The van der Waals surface area contributed by atoms with E-state index >= 15 is 0 Å². The van der Waals surface area contributed by atoms with Gasteiger partial charge in [-0.15, -0.1) is 23.1 Å². The third-order valence-electron chi connectivity index (χ3n) is 5.11. The van der Waals surface area contributed by atoms with Gasteiger partial charge in [-0.2, -0.15) is 0 Å². The van der Waals surface area contributed by atoms with Crippen molar-refractivity contribution < 1.29 is 4.79 Å². The number of aryl methyl sites for hydroxylation is 2. The van der Waals surface area contributed by atoms with Crippen molar-refractivity contribution in [2.45, 2.75) is 44.4 Å². The molecule has 2 N–H and O–H groups in total. The van der Waals surface area contributed by atoms with E-state index in [0.29, 0.717) is 17.3 Å². The third-order valence-corrected chi connectivity index (χ3v) is 7.77. The van der Waals surface area contributed by atoms with Crippen molar-refractivity contribution in [2.24, 2.45) is 0 Å². The fraction of sp³-hybridized carbons (Fsp3) is 0.381. The van der Waals surface area contributed by atoms with Gasteiger partial charge in [-0.25, -0.2) is 4.98 Å². The molecule has 2 aromatic heterocycles. The Hall–Kier alpha value is -1.64. The molecule has 0 spiro atoms. The molecule has 1 amide bonds. The molecule has 0 fully saturated rings. The summed E-state index contributed by atoms with van der Waals surface area (Å²) in [6.45, 7) is 2.06. The minimum absolute atomic E-state index is 0.000939. The number of thioether (sulfide) groups is 1. The fourth-order valence-corrected chi connectivity index (χ4v) is 5.95. The highest BCUT2D eigenvalue weighted by Crippen LogP contribution is 2.34. The van der Waals surface area contributed by atoms with E-state index in [0.717, 1.165) is 45.9 Å². The Morgan fingerprint density at radius 2 is 2.14 bits per heavy atom. The van der Waals surface area contributed by atoms with Crippen LogP contribution in [0.5, 0.6) is 0 Å².